The number of allylic oxidation sites excluding steroid dienone is 1. The Morgan fingerprint density at radius 1 is 0.552 bits per heavy atom. The summed E-state index contributed by atoms with van der Waals surface area (Å²) in [7, 11) is 7.36. The number of methoxy groups -OCH3 is 3. The molecule has 125 heavy (non-hydrogen) atoms. The number of rotatable bonds is 69. The Hall–Kier alpha value is -8.22. The van der Waals surface area contributed by atoms with E-state index in [1.54, 1.807) is 130 Å². The van der Waals surface area contributed by atoms with E-state index in [2.05, 4.69) is 31.3 Å². The average Bonchev–Trinajstić information content (AvgIpc) is 1.63. The second-order valence-electron chi connectivity index (χ2n) is 33.1. The summed E-state index contributed by atoms with van der Waals surface area (Å²) in [6, 6.07) is 9.57. The van der Waals surface area contributed by atoms with Crippen molar-refractivity contribution in [1.82, 2.24) is 41.3 Å². The van der Waals surface area contributed by atoms with Gasteiger partial charge in [0, 0.05) is 85.5 Å². The highest BCUT2D eigenvalue weighted by Gasteiger charge is 2.44. The van der Waals surface area contributed by atoms with E-state index >= 15 is 0 Å². The first-order chi connectivity index (χ1) is 59.7. The molecule has 33 heteroatoms. The van der Waals surface area contributed by atoms with Crippen molar-refractivity contribution in [2.75, 3.05) is 148 Å². The van der Waals surface area contributed by atoms with Crippen LogP contribution in [0.25, 0.3) is 0 Å². The highest BCUT2D eigenvalue weighted by atomic mass is 16.6. The molecule has 2 aromatic carbocycles. The van der Waals surface area contributed by atoms with E-state index < -0.39 is 120 Å². The number of likely N-dealkylation sites (tertiary alicyclic amines) is 1. The normalized spacial score (nSPS) is 15.8. The van der Waals surface area contributed by atoms with E-state index in [4.69, 9.17) is 47.4 Å². The number of likely N-dealkylation sites (N-methyl/N-ethyl adjacent to an activating group) is 2. The van der Waals surface area contributed by atoms with Crippen molar-refractivity contribution in [3.05, 3.63) is 83.4 Å². The molecule has 2 aromatic rings. The molecule has 0 aromatic heterocycles. The molecule has 1 saturated heterocycles. The van der Waals surface area contributed by atoms with Crippen molar-refractivity contribution in [2.24, 2.45) is 35.5 Å². The third-order valence-corrected chi connectivity index (χ3v) is 22.3. The lowest BCUT2D eigenvalue weighted by molar-refractivity contribution is -0.147. The fraction of sp³-hybridized carbons (Fsp3) is 0.717. The minimum absolute atomic E-state index is 0.0788. The average molecular weight is 1770 g/mol. The number of carbonyl (C=O) groups is 12. The number of aliphatic hydroxyl groups is 2. The number of aliphatic hydroxyl groups excluding tert-OH is 2. The third kappa shape index (κ3) is 43.4. The van der Waals surface area contributed by atoms with E-state index in [0.717, 1.165) is 6.08 Å². The molecule has 0 unspecified atom stereocenters. The molecular formula is C92H150N8O25. The fourth-order valence-corrected chi connectivity index (χ4v) is 14.4. The Balaban J connectivity index is 1.54. The van der Waals surface area contributed by atoms with Gasteiger partial charge in [-0.1, -0.05) is 136 Å². The Morgan fingerprint density at radius 3 is 1.65 bits per heavy atom. The van der Waals surface area contributed by atoms with Gasteiger partial charge >= 0.3 is 12.1 Å². The largest absolute Gasteiger partial charge is 0.466 e. The van der Waals surface area contributed by atoms with Gasteiger partial charge in [0.05, 0.1) is 167 Å². The first-order valence-corrected chi connectivity index (χ1v) is 44.5. The highest BCUT2D eigenvalue weighted by molar-refractivity contribution is 5.97. The standard InChI is InChI=1S/C92H150N8O25/c1-17-65(8)85(78(116-15)60-81(106)100-42-27-32-75(100)86(108)66(9)88(110)95-68(11)87(109)71-28-21-20-22-29-71)98(12)91(113)83(63(4)5)97-90(112)84(64(6)7)99(13)92(114)125-61-70-36-34-69(35-37-70)58-76(102)67(10)94-89(111)73(62(2)3)59-77(103)74(96-80(105)33-24-19-18-23-30-72(101)38-39-82(107)117-16)31-25-26-41-93-79(104)40-43-118-46-47-120-50-51-122-54-55-124-57-56-123-53-52-121-49-48-119-45-44-115-14/h20-22,28-29,34-39,62-68,73-75,78,83-87,108-109H,17-19,23-27,30-33,40-61H2,1-16H3,(H,93,104)(H,94,111)(H,95,110)(H,96,105)(H,97,112)/b39-38-/t65-,66+,67-,68+,73-,74-,75-,78+,83-,84-,85-,86+,87+/m0/s1. The van der Waals surface area contributed by atoms with Crippen LogP contribution in [0.3, 0.4) is 0 Å². The Kier molecular flexibility index (Phi) is 56.5. The molecule has 7 N–H and O–H groups in total. The topological polar surface area (TPSA) is 417 Å². The molecule has 13 atom stereocenters. The first kappa shape index (κ1) is 111. The maximum Gasteiger partial charge on any atom is 0.410 e. The molecule has 8 amide bonds. The maximum absolute atomic E-state index is 14.8. The number of unbranched alkanes of at least 4 members (excludes halogenated alkanes) is 4. The summed E-state index contributed by atoms with van der Waals surface area (Å²) < 4.78 is 59.7. The molecule has 1 fully saturated rings. The van der Waals surface area contributed by atoms with Gasteiger partial charge < -0.3 is 98.7 Å². The molecule has 3 rings (SSSR count). The van der Waals surface area contributed by atoms with E-state index in [-0.39, 0.29) is 112 Å². The lowest BCUT2D eigenvalue weighted by atomic mass is 9.86. The molecule has 0 saturated carbocycles. The second-order valence-corrected chi connectivity index (χ2v) is 33.1. The lowest BCUT2D eigenvalue weighted by Crippen LogP contribution is -2.60. The zero-order chi connectivity index (χ0) is 92.8. The van der Waals surface area contributed by atoms with Crippen molar-refractivity contribution >= 4 is 70.8 Å². The fourth-order valence-electron chi connectivity index (χ4n) is 14.4. The number of benzene rings is 2. The van der Waals surface area contributed by atoms with Gasteiger partial charge in [0.25, 0.3) is 0 Å². The van der Waals surface area contributed by atoms with E-state index in [0.29, 0.717) is 173 Å². The summed E-state index contributed by atoms with van der Waals surface area (Å²) in [5, 5.41) is 36.9. The molecule has 0 radical (unpaired) electrons. The number of ketones is 3. The van der Waals surface area contributed by atoms with Crippen LogP contribution in [-0.2, 0) is 118 Å². The van der Waals surface area contributed by atoms with Crippen molar-refractivity contribution in [3.63, 3.8) is 0 Å². The highest BCUT2D eigenvalue weighted by Crippen LogP contribution is 2.30. The predicted octanol–water partition coefficient (Wildman–Crippen LogP) is 7.34. The van der Waals surface area contributed by atoms with Crippen LogP contribution < -0.4 is 26.6 Å². The maximum atomic E-state index is 14.8. The van der Waals surface area contributed by atoms with Gasteiger partial charge in [-0.2, -0.15) is 0 Å². The monoisotopic (exact) mass is 1770 g/mol. The zero-order valence-electron chi connectivity index (χ0n) is 77.3. The first-order valence-electron chi connectivity index (χ1n) is 44.5. The van der Waals surface area contributed by atoms with Crippen LogP contribution in [0, 0.1) is 35.5 Å². The van der Waals surface area contributed by atoms with Crippen molar-refractivity contribution in [2.45, 2.75) is 246 Å². The van der Waals surface area contributed by atoms with Crippen LogP contribution in [-0.4, -0.2) is 298 Å². The number of ether oxygens (including phenoxy) is 11. The number of amides is 8. The number of hydrogen-bond donors (Lipinski definition) is 7. The second kappa shape index (κ2) is 63.7. The number of Topliss-reactive ketones (excluding diaryl/α,β-unsaturated/α-hetero) is 2. The van der Waals surface area contributed by atoms with Gasteiger partial charge in [0.2, 0.25) is 41.4 Å². The van der Waals surface area contributed by atoms with Gasteiger partial charge in [-0.05, 0) is 105 Å². The molecule has 33 nitrogen and oxygen atoms in total. The minimum Gasteiger partial charge on any atom is -0.466 e. The van der Waals surface area contributed by atoms with E-state index in [1.165, 1.54) is 37.1 Å². The predicted molar refractivity (Wildman–Crippen MR) is 469 cm³/mol. The van der Waals surface area contributed by atoms with Gasteiger partial charge in [0.15, 0.2) is 17.3 Å². The van der Waals surface area contributed by atoms with E-state index in [9.17, 15) is 67.7 Å². The number of esters is 1. The van der Waals surface area contributed by atoms with Crippen LogP contribution in [0.1, 0.15) is 195 Å². The number of nitrogens with zero attached hydrogens (tertiary/aromatic N) is 3. The molecule has 1 heterocycles. The summed E-state index contributed by atoms with van der Waals surface area (Å²) in [4.78, 5) is 167. The Morgan fingerprint density at radius 2 is 1.11 bits per heavy atom. The molecule has 1 aliphatic rings. The van der Waals surface area contributed by atoms with Crippen LogP contribution in [0.5, 0.6) is 0 Å². The molecule has 0 bridgehead atoms. The SMILES string of the molecule is CC[C@H](C)[C@@H]([C@@H](CC(=O)N1CCC[C@H]1[C@H](O)[C@@H](C)C(=O)N[C@H](C)[C@@H](O)c1ccccc1)OC)N(C)C(=O)[C@@H](NC(=O)[C@H](C(C)C)N(C)C(=O)OCc1ccc(CC(=O)[C@H](C)NC(=O)[C@@H](CC(=O)[C@H](CCCCNC(=O)CCOCCOCCOCCOCCOCCOCCOCCOC)NC(=O)CCCCCCC(=O)/C=C\C(=O)OC)C(C)C)cc1)C(C)C. The van der Waals surface area contributed by atoms with Crippen LogP contribution >= 0.6 is 0 Å². The molecule has 1 aliphatic heterocycles. The third-order valence-electron chi connectivity index (χ3n) is 22.3. The van der Waals surface area contributed by atoms with Gasteiger partial charge in [-0.25, -0.2) is 9.59 Å². The number of nitrogens with one attached hydrogen (secondary N) is 5. The van der Waals surface area contributed by atoms with Crippen molar-refractivity contribution < 1.29 is 120 Å². The van der Waals surface area contributed by atoms with Gasteiger partial charge in [0.1, 0.15) is 18.7 Å². The lowest BCUT2D eigenvalue weighted by Gasteiger charge is -2.41. The Bertz CT molecular complexity index is 3520. The zero-order valence-corrected chi connectivity index (χ0v) is 77.3. The quantitative estimate of drug-likeness (QED) is 0.0193. The Labute approximate surface area is 741 Å². The summed E-state index contributed by atoms with van der Waals surface area (Å²) in [6.45, 7) is 26.1. The molecular weight excluding hydrogens is 1620 g/mol. The van der Waals surface area contributed by atoms with Crippen LogP contribution in [0.2, 0.25) is 0 Å². The smallest absolute Gasteiger partial charge is 0.410 e. The summed E-state index contributed by atoms with van der Waals surface area (Å²) in [6.07, 6.45) is 3.45. The van der Waals surface area contributed by atoms with Gasteiger partial charge in [-0.3, -0.25) is 52.8 Å². The summed E-state index contributed by atoms with van der Waals surface area (Å²) in [5.74, 6) is -7.75. The molecule has 0 aliphatic carbocycles. The number of carbonyl (C=O) groups excluding carboxylic acids is 12. The van der Waals surface area contributed by atoms with Crippen LogP contribution in [0.15, 0.2) is 66.7 Å². The number of hydrogen-bond acceptors (Lipinski definition) is 25. The van der Waals surface area contributed by atoms with Crippen molar-refractivity contribution in [3.8, 4) is 0 Å². The molecule has 708 valence electrons. The molecule has 0 spiro atoms. The van der Waals surface area contributed by atoms with Gasteiger partial charge in [-0.15, -0.1) is 0 Å². The van der Waals surface area contributed by atoms with Crippen molar-refractivity contribution in [1.29, 1.82) is 0 Å². The summed E-state index contributed by atoms with van der Waals surface area (Å²) in [5.41, 5.74) is 1.79. The van der Waals surface area contributed by atoms with Crippen LogP contribution in [0.4, 0.5) is 4.79 Å². The summed E-state index contributed by atoms with van der Waals surface area (Å²) >= 11 is 0. The van der Waals surface area contributed by atoms with E-state index in [1.807, 2.05) is 19.9 Å². The minimum atomic E-state index is -1.23.